The fraction of sp³-hybridized carbons (Fsp3) is 0.500. The Kier molecular flexibility index (Phi) is 9.05. The van der Waals surface area contributed by atoms with Crippen molar-refractivity contribution < 1.29 is 19.5 Å². The molecular formula is C18H26N2O4S. The number of benzene rings is 1. The van der Waals surface area contributed by atoms with Gasteiger partial charge in [0.1, 0.15) is 6.04 Å². The second-order valence-electron chi connectivity index (χ2n) is 6.07. The van der Waals surface area contributed by atoms with E-state index in [2.05, 4.69) is 5.32 Å². The lowest BCUT2D eigenvalue weighted by atomic mass is 10.1. The van der Waals surface area contributed by atoms with Crippen molar-refractivity contribution in [2.24, 2.45) is 5.92 Å². The number of nitrogens with zero attached hydrogens (tertiary/aromatic N) is 1. The van der Waals surface area contributed by atoms with Crippen LogP contribution < -0.4 is 5.32 Å². The molecule has 138 valence electrons. The van der Waals surface area contributed by atoms with E-state index in [1.54, 1.807) is 18.7 Å². The molecule has 25 heavy (non-hydrogen) atoms. The van der Waals surface area contributed by atoms with Gasteiger partial charge in [-0.25, -0.2) is 9.59 Å². The number of rotatable bonds is 9. The van der Waals surface area contributed by atoms with Crippen LogP contribution in [0.3, 0.4) is 0 Å². The van der Waals surface area contributed by atoms with E-state index in [-0.39, 0.29) is 11.0 Å². The molecule has 7 heteroatoms. The molecule has 2 N–H and O–H groups in total. The zero-order valence-corrected chi connectivity index (χ0v) is 15.7. The zero-order chi connectivity index (χ0) is 18.8. The number of hydrogen-bond donors (Lipinski definition) is 2. The SMILES string of the molecule is CC(=O)SCCN(CCc1ccccc1)C(=O)NC(C(=O)O)C(C)C. The van der Waals surface area contributed by atoms with Crippen molar-refractivity contribution in [1.29, 1.82) is 0 Å². The smallest absolute Gasteiger partial charge is 0.326 e. The molecule has 0 bridgehead atoms. The molecule has 2 amide bonds. The van der Waals surface area contributed by atoms with Crippen molar-refractivity contribution in [2.45, 2.75) is 33.2 Å². The highest BCUT2D eigenvalue weighted by atomic mass is 32.2. The Morgan fingerprint density at radius 2 is 1.80 bits per heavy atom. The monoisotopic (exact) mass is 366 g/mol. The first-order valence-electron chi connectivity index (χ1n) is 8.26. The standard InChI is InChI=1S/C18H26N2O4S/c1-13(2)16(17(22)23)19-18(24)20(11-12-25-14(3)21)10-9-15-7-5-4-6-8-15/h4-8,13,16H,9-12H2,1-3H3,(H,19,24)(H,22,23). The van der Waals surface area contributed by atoms with Crippen LogP contribution >= 0.6 is 11.8 Å². The van der Waals surface area contributed by atoms with Gasteiger partial charge < -0.3 is 15.3 Å². The molecule has 0 radical (unpaired) electrons. The molecule has 1 aromatic rings. The number of thioether (sulfide) groups is 1. The third-order valence-corrected chi connectivity index (χ3v) is 4.47. The van der Waals surface area contributed by atoms with Gasteiger partial charge in [0, 0.05) is 25.8 Å². The van der Waals surface area contributed by atoms with Gasteiger partial charge in [-0.15, -0.1) is 0 Å². The molecule has 0 aliphatic carbocycles. The number of carboxylic acids is 1. The number of nitrogens with one attached hydrogen (secondary N) is 1. The van der Waals surface area contributed by atoms with E-state index >= 15 is 0 Å². The van der Waals surface area contributed by atoms with Crippen molar-refractivity contribution in [3.8, 4) is 0 Å². The van der Waals surface area contributed by atoms with Crippen LogP contribution in [0.2, 0.25) is 0 Å². The number of carbonyl (C=O) groups is 3. The number of carboxylic acid groups (broad SMARTS) is 1. The van der Waals surface area contributed by atoms with Crippen LogP contribution in [-0.2, 0) is 16.0 Å². The number of aliphatic carboxylic acids is 1. The van der Waals surface area contributed by atoms with Crippen molar-refractivity contribution in [1.82, 2.24) is 10.2 Å². The lowest BCUT2D eigenvalue weighted by Gasteiger charge is -2.26. The maximum atomic E-state index is 12.5. The van der Waals surface area contributed by atoms with E-state index < -0.39 is 18.0 Å². The Morgan fingerprint density at radius 1 is 1.16 bits per heavy atom. The summed E-state index contributed by atoms with van der Waals surface area (Å²) in [6.07, 6.45) is 0.665. The van der Waals surface area contributed by atoms with Crippen molar-refractivity contribution in [2.75, 3.05) is 18.8 Å². The van der Waals surface area contributed by atoms with E-state index in [4.69, 9.17) is 0 Å². The molecular weight excluding hydrogens is 340 g/mol. The highest BCUT2D eigenvalue weighted by molar-refractivity contribution is 8.13. The van der Waals surface area contributed by atoms with Gasteiger partial charge in [0.2, 0.25) is 0 Å². The van der Waals surface area contributed by atoms with Crippen LogP contribution in [0.25, 0.3) is 0 Å². The number of amides is 2. The molecule has 0 aromatic heterocycles. The fourth-order valence-electron chi connectivity index (χ4n) is 2.26. The van der Waals surface area contributed by atoms with Crippen molar-refractivity contribution in [3.63, 3.8) is 0 Å². The molecule has 0 aliphatic rings. The van der Waals surface area contributed by atoms with Crippen LogP contribution in [-0.4, -0.2) is 52.0 Å². The lowest BCUT2D eigenvalue weighted by molar-refractivity contribution is -0.140. The van der Waals surface area contributed by atoms with Crippen LogP contribution in [0.4, 0.5) is 4.79 Å². The molecule has 6 nitrogen and oxygen atoms in total. The lowest BCUT2D eigenvalue weighted by Crippen LogP contribution is -2.51. The molecule has 0 spiro atoms. The van der Waals surface area contributed by atoms with E-state index in [0.29, 0.717) is 25.3 Å². The van der Waals surface area contributed by atoms with Gasteiger partial charge in [0.15, 0.2) is 5.12 Å². The topological polar surface area (TPSA) is 86.7 Å². The van der Waals surface area contributed by atoms with E-state index in [1.165, 1.54) is 6.92 Å². The summed E-state index contributed by atoms with van der Waals surface area (Å²) < 4.78 is 0. The average Bonchev–Trinajstić information content (AvgIpc) is 2.55. The average molecular weight is 366 g/mol. The summed E-state index contributed by atoms with van der Waals surface area (Å²) in [5.74, 6) is -0.787. The predicted molar refractivity (Wildman–Crippen MR) is 99.7 cm³/mol. The van der Waals surface area contributed by atoms with Crippen LogP contribution in [0.5, 0.6) is 0 Å². The Bertz CT molecular complexity index is 578. The molecule has 0 saturated carbocycles. The maximum absolute atomic E-state index is 12.5. The molecule has 1 atom stereocenters. The van der Waals surface area contributed by atoms with Gasteiger partial charge >= 0.3 is 12.0 Å². The van der Waals surface area contributed by atoms with Crippen molar-refractivity contribution >= 4 is 28.9 Å². The Hall–Kier alpha value is -2.02. The first-order chi connectivity index (χ1) is 11.8. The number of urea groups is 1. The van der Waals surface area contributed by atoms with E-state index in [1.807, 2.05) is 30.3 Å². The van der Waals surface area contributed by atoms with Gasteiger partial charge in [-0.1, -0.05) is 55.9 Å². The minimum Gasteiger partial charge on any atom is -0.480 e. The second-order valence-corrected chi connectivity index (χ2v) is 7.34. The van der Waals surface area contributed by atoms with Gasteiger partial charge in [-0.3, -0.25) is 4.79 Å². The first kappa shape index (κ1) is 21.0. The molecule has 1 aromatic carbocycles. The van der Waals surface area contributed by atoms with Crippen LogP contribution in [0.1, 0.15) is 26.3 Å². The maximum Gasteiger partial charge on any atom is 0.326 e. The third kappa shape index (κ3) is 8.07. The Labute approximate surface area is 153 Å². The number of hydrogen-bond acceptors (Lipinski definition) is 4. The summed E-state index contributed by atoms with van der Waals surface area (Å²) in [7, 11) is 0. The third-order valence-electron chi connectivity index (χ3n) is 3.68. The molecule has 0 saturated heterocycles. The quantitative estimate of drug-likeness (QED) is 0.702. The predicted octanol–water partition coefficient (Wildman–Crippen LogP) is 2.63. The first-order valence-corrected chi connectivity index (χ1v) is 9.25. The van der Waals surface area contributed by atoms with Crippen LogP contribution in [0.15, 0.2) is 30.3 Å². The van der Waals surface area contributed by atoms with Gasteiger partial charge in [0.25, 0.3) is 0 Å². The van der Waals surface area contributed by atoms with Gasteiger partial charge in [-0.2, -0.15) is 0 Å². The molecule has 1 rings (SSSR count). The molecule has 0 heterocycles. The summed E-state index contributed by atoms with van der Waals surface area (Å²) in [6.45, 7) is 5.82. The minimum atomic E-state index is -1.05. The highest BCUT2D eigenvalue weighted by Crippen LogP contribution is 2.08. The largest absolute Gasteiger partial charge is 0.480 e. The molecule has 0 aliphatic heterocycles. The second kappa shape index (κ2) is 10.8. The minimum absolute atomic E-state index is 0.00555. The summed E-state index contributed by atoms with van der Waals surface area (Å²) in [4.78, 5) is 36.5. The fourth-order valence-corrected chi connectivity index (χ4v) is 2.86. The van der Waals surface area contributed by atoms with E-state index in [0.717, 1.165) is 17.3 Å². The summed E-state index contributed by atoms with van der Waals surface area (Å²) in [6, 6.07) is 8.41. The van der Waals surface area contributed by atoms with Crippen molar-refractivity contribution in [3.05, 3.63) is 35.9 Å². The summed E-state index contributed by atoms with van der Waals surface area (Å²) in [5.41, 5.74) is 1.10. The normalized spacial score (nSPS) is 11.8. The summed E-state index contributed by atoms with van der Waals surface area (Å²) in [5, 5.41) is 11.8. The highest BCUT2D eigenvalue weighted by Gasteiger charge is 2.25. The Morgan fingerprint density at radius 3 is 2.32 bits per heavy atom. The number of carbonyl (C=O) groups excluding carboxylic acids is 2. The van der Waals surface area contributed by atoms with E-state index in [9.17, 15) is 19.5 Å². The summed E-state index contributed by atoms with van der Waals surface area (Å²) >= 11 is 1.15. The van der Waals surface area contributed by atoms with Crippen LogP contribution in [0, 0.1) is 5.92 Å². The van der Waals surface area contributed by atoms with Gasteiger partial charge in [0.05, 0.1) is 0 Å². The zero-order valence-electron chi connectivity index (χ0n) is 14.9. The molecule has 0 fully saturated rings. The Balaban J connectivity index is 2.72. The molecule has 1 unspecified atom stereocenters. The van der Waals surface area contributed by atoms with Gasteiger partial charge in [-0.05, 0) is 17.9 Å².